The lowest BCUT2D eigenvalue weighted by Crippen LogP contribution is -2.62. The van der Waals surface area contributed by atoms with Crippen LogP contribution >= 0.6 is 0 Å². The second-order valence-corrected chi connectivity index (χ2v) is 17.7. The van der Waals surface area contributed by atoms with Gasteiger partial charge in [0.1, 0.15) is 15.9 Å². The Morgan fingerprint density at radius 2 is 1.57 bits per heavy atom. The fraction of sp³-hybridized carbons (Fsp3) is 0.857. The molecule has 2 unspecified atom stereocenters. The van der Waals surface area contributed by atoms with Crippen molar-refractivity contribution in [3.05, 3.63) is 0 Å². The van der Waals surface area contributed by atoms with Crippen molar-refractivity contribution in [1.82, 2.24) is 20.9 Å². The van der Waals surface area contributed by atoms with Gasteiger partial charge in [-0.15, -0.1) is 0 Å². The summed E-state index contributed by atoms with van der Waals surface area (Å²) in [6.45, 7) is 7.45. The van der Waals surface area contributed by atoms with Gasteiger partial charge in [0.2, 0.25) is 17.6 Å². The maximum atomic E-state index is 14.6. The standard InChI is InChI=1S/C35H61N5O8S/c1-6-17-34(3,4)48-24(2)21-40(22-28(41)37-27(20-25-15-16-25)30(42)31(36)43)32(44)29(26-13-9-7-10-14-26)38-33(45)39-35(23-49(5,46)47)18-11-8-12-19-35/h24-27,29H,6-23H2,1-5H3,(H2,36,43)(H,37,41)(H2,38,39,45)/t24?,27?,29-/m0/s1. The Morgan fingerprint density at radius 3 is 2.12 bits per heavy atom. The molecule has 3 fully saturated rings. The van der Waals surface area contributed by atoms with E-state index >= 15 is 0 Å². The van der Waals surface area contributed by atoms with E-state index in [0.717, 1.165) is 70.5 Å². The molecule has 14 heteroatoms. The van der Waals surface area contributed by atoms with Gasteiger partial charge >= 0.3 is 6.03 Å². The molecule has 0 saturated heterocycles. The molecular formula is C35H61N5O8S. The van der Waals surface area contributed by atoms with Crippen molar-refractivity contribution in [2.24, 2.45) is 17.6 Å². The van der Waals surface area contributed by atoms with E-state index in [-0.39, 0.29) is 24.1 Å². The molecule has 49 heavy (non-hydrogen) atoms. The number of hydrogen-bond donors (Lipinski definition) is 4. The number of primary amides is 1. The van der Waals surface area contributed by atoms with Gasteiger partial charge in [-0.05, 0) is 71.1 Å². The molecule has 5 amide bonds. The van der Waals surface area contributed by atoms with Crippen molar-refractivity contribution in [1.29, 1.82) is 0 Å². The van der Waals surface area contributed by atoms with Crippen LogP contribution in [0.15, 0.2) is 0 Å². The number of Topliss-reactive ketones (excluding diaryl/α,β-unsaturated/α-hetero) is 1. The maximum Gasteiger partial charge on any atom is 0.315 e. The number of amides is 5. The number of hydrogen-bond acceptors (Lipinski definition) is 8. The average Bonchev–Trinajstić information content (AvgIpc) is 3.82. The molecule has 0 aromatic rings. The SMILES string of the molecule is CCCC(C)(C)OC(C)CN(CC(=O)NC(CC1CC1)C(=O)C(N)=O)C(=O)[C@@H](NC(=O)NC1(CS(C)(=O)=O)CCCCC1)C1CCCCC1. The first kappa shape index (κ1) is 40.7. The van der Waals surface area contributed by atoms with Crippen molar-refractivity contribution in [3.63, 3.8) is 0 Å². The number of nitrogens with two attached hydrogens (primary N) is 1. The van der Waals surface area contributed by atoms with Gasteiger partial charge in [-0.1, -0.05) is 64.7 Å². The number of rotatable bonds is 19. The van der Waals surface area contributed by atoms with Crippen molar-refractivity contribution < 1.29 is 37.1 Å². The summed E-state index contributed by atoms with van der Waals surface area (Å²) in [4.78, 5) is 67.5. The van der Waals surface area contributed by atoms with Gasteiger partial charge in [0.25, 0.3) is 5.91 Å². The molecule has 3 aliphatic rings. The summed E-state index contributed by atoms with van der Waals surface area (Å²) in [7, 11) is -3.41. The Balaban J connectivity index is 1.88. The molecule has 3 rings (SSSR count). The van der Waals surface area contributed by atoms with Gasteiger partial charge in [-0.2, -0.15) is 0 Å². The Morgan fingerprint density at radius 1 is 0.959 bits per heavy atom. The zero-order valence-corrected chi connectivity index (χ0v) is 31.1. The van der Waals surface area contributed by atoms with Crippen LogP contribution in [0.1, 0.15) is 124 Å². The van der Waals surface area contributed by atoms with E-state index in [1.165, 1.54) is 4.90 Å². The Hall–Kier alpha value is -2.74. The lowest BCUT2D eigenvalue weighted by molar-refractivity contribution is -0.144. The summed E-state index contributed by atoms with van der Waals surface area (Å²) in [6.07, 6.45) is 12.2. The fourth-order valence-corrected chi connectivity index (χ4v) is 9.15. The molecular weight excluding hydrogens is 650 g/mol. The van der Waals surface area contributed by atoms with Gasteiger partial charge in [-0.3, -0.25) is 19.2 Å². The van der Waals surface area contributed by atoms with Gasteiger partial charge in [-0.25, -0.2) is 13.2 Å². The minimum atomic E-state index is -3.41. The van der Waals surface area contributed by atoms with Crippen LogP contribution in [0, 0.1) is 11.8 Å². The largest absolute Gasteiger partial charge is 0.371 e. The molecule has 3 aliphatic carbocycles. The van der Waals surface area contributed by atoms with E-state index in [1.807, 2.05) is 20.8 Å². The monoisotopic (exact) mass is 711 g/mol. The smallest absolute Gasteiger partial charge is 0.315 e. The zero-order valence-electron chi connectivity index (χ0n) is 30.3. The molecule has 3 atom stereocenters. The molecule has 13 nitrogen and oxygen atoms in total. The van der Waals surface area contributed by atoms with Crippen molar-refractivity contribution in [2.45, 2.75) is 153 Å². The maximum absolute atomic E-state index is 14.6. The number of ketones is 1. The van der Waals surface area contributed by atoms with Crippen LogP contribution in [0.25, 0.3) is 0 Å². The van der Waals surface area contributed by atoms with E-state index in [0.29, 0.717) is 32.1 Å². The van der Waals surface area contributed by atoms with E-state index in [4.69, 9.17) is 10.5 Å². The number of sulfone groups is 1. The second kappa shape index (κ2) is 18.0. The quantitative estimate of drug-likeness (QED) is 0.147. The van der Waals surface area contributed by atoms with Crippen LogP contribution in [0.2, 0.25) is 0 Å². The normalized spacial score (nSPS) is 20.3. The third kappa shape index (κ3) is 13.8. The highest BCUT2D eigenvalue weighted by Crippen LogP contribution is 2.34. The lowest BCUT2D eigenvalue weighted by atomic mass is 9.82. The highest BCUT2D eigenvalue weighted by Gasteiger charge is 2.41. The topological polar surface area (TPSA) is 194 Å². The first-order valence-corrected chi connectivity index (χ1v) is 20.3. The van der Waals surface area contributed by atoms with Crippen LogP contribution in [-0.4, -0.2) is 97.3 Å². The molecule has 0 aromatic carbocycles. The van der Waals surface area contributed by atoms with Crippen molar-refractivity contribution >= 4 is 39.4 Å². The minimum absolute atomic E-state index is 0.0426. The highest BCUT2D eigenvalue weighted by atomic mass is 32.2. The van der Waals surface area contributed by atoms with Gasteiger partial charge in [0.05, 0.1) is 35.6 Å². The number of nitrogens with zero attached hydrogens (tertiary/aromatic N) is 1. The number of nitrogens with one attached hydrogen (secondary N) is 3. The summed E-state index contributed by atoms with van der Waals surface area (Å²) in [5.74, 6) is -3.23. The van der Waals surface area contributed by atoms with Crippen LogP contribution in [0.3, 0.4) is 0 Å². The zero-order chi connectivity index (χ0) is 36.4. The first-order chi connectivity index (χ1) is 22.9. The molecule has 0 aliphatic heterocycles. The summed E-state index contributed by atoms with van der Waals surface area (Å²) >= 11 is 0. The molecule has 280 valence electrons. The predicted octanol–water partition coefficient (Wildman–Crippen LogP) is 3.13. The van der Waals surface area contributed by atoms with Crippen LogP contribution in [0.5, 0.6) is 0 Å². The van der Waals surface area contributed by atoms with Gasteiger partial charge < -0.3 is 31.3 Å². The summed E-state index contributed by atoms with van der Waals surface area (Å²) in [5, 5.41) is 8.55. The van der Waals surface area contributed by atoms with Crippen LogP contribution in [-0.2, 0) is 33.8 Å². The summed E-state index contributed by atoms with van der Waals surface area (Å²) in [6, 6.07) is -2.66. The molecule has 3 saturated carbocycles. The molecule has 0 bridgehead atoms. The Kier molecular flexibility index (Phi) is 14.9. The summed E-state index contributed by atoms with van der Waals surface area (Å²) in [5.41, 5.74) is 3.88. The van der Waals surface area contributed by atoms with Crippen molar-refractivity contribution in [2.75, 3.05) is 25.1 Å². The van der Waals surface area contributed by atoms with Gasteiger partial charge in [0.15, 0.2) is 0 Å². The van der Waals surface area contributed by atoms with E-state index in [1.54, 1.807) is 0 Å². The van der Waals surface area contributed by atoms with E-state index in [2.05, 4.69) is 22.9 Å². The average molecular weight is 712 g/mol. The number of carbonyl (C=O) groups is 5. The molecule has 0 spiro atoms. The molecule has 0 radical (unpaired) electrons. The molecule has 0 aromatic heterocycles. The Bertz CT molecular complexity index is 1270. The third-order valence-electron chi connectivity index (χ3n) is 10.1. The first-order valence-electron chi connectivity index (χ1n) is 18.3. The fourth-order valence-electron chi connectivity index (χ4n) is 7.79. The number of urea groups is 1. The summed E-state index contributed by atoms with van der Waals surface area (Å²) < 4.78 is 31.1. The lowest BCUT2D eigenvalue weighted by Gasteiger charge is -2.39. The third-order valence-corrected chi connectivity index (χ3v) is 11.1. The number of ether oxygens (including phenoxy) is 1. The van der Waals surface area contributed by atoms with Gasteiger partial charge in [0, 0.05) is 12.8 Å². The van der Waals surface area contributed by atoms with Crippen LogP contribution in [0.4, 0.5) is 4.79 Å². The second-order valence-electron chi connectivity index (χ2n) is 15.6. The number of carbonyl (C=O) groups excluding carboxylic acids is 5. The Labute approximate surface area is 292 Å². The molecule has 5 N–H and O–H groups in total. The van der Waals surface area contributed by atoms with E-state index < -0.39 is 75.2 Å². The van der Waals surface area contributed by atoms with Crippen LogP contribution < -0.4 is 21.7 Å². The molecule has 0 heterocycles. The van der Waals surface area contributed by atoms with E-state index in [9.17, 15) is 32.4 Å². The highest BCUT2D eigenvalue weighted by molar-refractivity contribution is 7.90. The van der Waals surface area contributed by atoms with Crippen molar-refractivity contribution in [3.8, 4) is 0 Å². The minimum Gasteiger partial charge on any atom is -0.371 e. The predicted molar refractivity (Wildman–Crippen MR) is 187 cm³/mol.